The third kappa shape index (κ3) is 5.15. The van der Waals surface area contributed by atoms with Gasteiger partial charge in [0.05, 0.1) is 13.2 Å². The third-order valence-electron chi connectivity index (χ3n) is 4.33. The van der Waals surface area contributed by atoms with E-state index in [0.29, 0.717) is 19.3 Å². The highest BCUT2D eigenvalue weighted by Crippen LogP contribution is 2.60. The smallest absolute Gasteiger partial charge is 0.308 e. The van der Waals surface area contributed by atoms with Crippen LogP contribution < -0.4 is 5.32 Å². The highest BCUT2D eigenvalue weighted by Gasteiger charge is 2.38. The molecule has 5 heteroatoms. The van der Waals surface area contributed by atoms with Gasteiger partial charge >= 0.3 is 7.60 Å². The van der Waals surface area contributed by atoms with Crippen LogP contribution in [0.3, 0.4) is 0 Å². The van der Waals surface area contributed by atoms with E-state index in [-0.39, 0.29) is 0 Å². The van der Waals surface area contributed by atoms with E-state index < -0.39 is 13.4 Å². The van der Waals surface area contributed by atoms with Crippen LogP contribution in [-0.2, 0) is 13.6 Å². The number of rotatable bonds is 8. The first-order chi connectivity index (χ1) is 11.1. The Balaban J connectivity index is 2.28. The number of benzene rings is 1. The van der Waals surface area contributed by atoms with E-state index in [1.807, 2.05) is 38.1 Å². The average molecular weight is 339 g/mol. The van der Waals surface area contributed by atoms with Gasteiger partial charge in [-0.05, 0) is 39.2 Å². The molecule has 0 radical (unpaired) electrons. The number of hydrogen-bond acceptors (Lipinski definition) is 4. The zero-order chi connectivity index (χ0) is 16.7. The predicted octanol–water partition coefficient (Wildman–Crippen LogP) is 5.18. The Bertz CT molecular complexity index is 502. The topological polar surface area (TPSA) is 47.6 Å². The fraction of sp³-hybridized carbons (Fsp3) is 0.667. The van der Waals surface area contributed by atoms with Gasteiger partial charge in [0.1, 0.15) is 5.78 Å². The lowest BCUT2D eigenvalue weighted by atomic mass is 9.95. The molecule has 0 aliphatic heterocycles. The maximum Gasteiger partial charge on any atom is 0.351 e. The summed E-state index contributed by atoms with van der Waals surface area (Å²) in [6, 6.07) is 8.53. The number of hydrogen-bond donors (Lipinski definition) is 1. The van der Waals surface area contributed by atoms with Gasteiger partial charge in [0, 0.05) is 6.04 Å². The molecule has 0 spiro atoms. The molecular weight excluding hydrogens is 309 g/mol. The van der Waals surface area contributed by atoms with Crippen LogP contribution in [0.4, 0.5) is 0 Å². The lowest BCUT2D eigenvalue weighted by molar-refractivity contribution is 0.202. The van der Waals surface area contributed by atoms with Crippen LogP contribution in [-0.4, -0.2) is 19.3 Å². The second-order valence-corrected chi connectivity index (χ2v) is 8.30. The molecule has 1 aliphatic carbocycles. The van der Waals surface area contributed by atoms with Gasteiger partial charge in [-0.1, -0.05) is 49.1 Å². The van der Waals surface area contributed by atoms with E-state index in [0.717, 1.165) is 18.4 Å². The fourth-order valence-electron chi connectivity index (χ4n) is 3.16. The van der Waals surface area contributed by atoms with E-state index in [4.69, 9.17) is 9.05 Å². The Morgan fingerprint density at radius 1 is 1.09 bits per heavy atom. The van der Waals surface area contributed by atoms with Gasteiger partial charge < -0.3 is 9.05 Å². The summed E-state index contributed by atoms with van der Waals surface area (Å²) in [5.74, 6) is -0.397. The molecule has 130 valence electrons. The first-order valence-electron chi connectivity index (χ1n) is 8.80. The molecular formula is C18H30NO3P. The van der Waals surface area contributed by atoms with Gasteiger partial charge in [-0.2, -0.15) is 0 Å². The summed E-state index contributed by atoms with van der Waals surface area (Å²) in [6.45, 7) is 6.53. The third-order valence-corrected chi connectivity index (χ3v) is 6.64. The molecule has 1 aromatic rings. The van der Waals surface area contributed by atoms with Crippen LogP contribution in [0, 0.1) is 6.92 Å². The zero-order valence-electron chi connectivity index (χ0n) is 14.6. The molecule has 4 nitrogen and oxygen atoms in total. The molecule has 0 heterocycles. The molecule has 1 unspecified atom stereocenters. The van der Waals surface area contributed by atoms with Gasteiger partial charge in [-0.25, -0.2) is 0 Å². The van der Waals surface area contributed by atoms with Crippen molar-refractivity contribution >= 4 is 7.60 Å². The lowest BCUT2D eigenvalue weighted by Gasteiger charge is -2.32. The van der Waals surface area contributed by atoms with Crippen molar-refractivity contribution < 1.29 is 13.6 Å². The van der Waals surface area contributed by atoms with Crippen molar-refractivity contribution in [3.8, 4) is 0 Å². The van der Waals surface area contributed by atoms with Gasteiger partial charge in [-0.3, -0.25) is 9.88 Å². The number of aryl methyl sites for hydroxylation is 1. The van der Waals surface area contributed by atoms with E-state index in [9.17, 15) is 4.57 Å². The molecule has 1 N–H and O–H groups in total. The van der Waals surface area contributed by atoms with Crippen LogP contribution in [0.5, 0.6) is 0 Å². The average Bonchev–Trinajstić information content (AvgIpc) is 2.55. The minimum absolute atomic E-state index is 0.379. The van der Waals surface area contributed by atoms with Crippen LogP contribution in [0.25, 0.3) is 0 Å². The van der Waals surface area contributed by atoms with Gasteiger partial charge in [0.25, 0.3) is 0 Å². The van der Waals surface area contributed by atoms with E-state index in [2.05, 4.69) is 12.2 Å². The Morgan fingerprint density at radius 3 is 2.17 bits per heavy atom. The zero-order valence-corrected chi connectivity index (χ0v) is 15.5. The lowest BCUT2D eigenvalue weighted by Crippen LogP contribution is -2.35. The molecule has 1 saturated carbocycles. The second-order valence-electron chi connectivity index (χ2n) is 6.19. The normalized spacial score (nSPS) is 18.0. The summed E-state index contributed by atoms with van der Waals surface area (Å²) < 4.78 is 24.6. The maximum absolute atomic E-state index is 13.4. The highest BCUT2D eigenvalue weighted by atomic mass is 31.2. The standard InChI is InChI=1S/C18H30NO3P/c1-4-21-23(20,22-5-2)18(16-13-11-15(3)12-14-16)19-17-9-7-6-8-10-17/h11-14,17-19H,4-10H2,1-3H3. The van der Waals surface area contributed by atoms with Crippen molar-refractivity contribution in [3.63, 3.8) is 0 Å². The minimum atomic E-state index is -3.24. The summed E-state index contributed by atoms with van der Waals surface area (Å²) in [4.78, 5) is 0. The SMILES string of the molecule is CCOP(=O)(OCC)C(NC1CCCCC1)c1ccc(C)cc1. The molecule has 0 bridgehead atoms. The second kappa shape index (κ2) is 8.98. The first kappa shape index (κ1) is 18.7. The molecule has 1 aromatic carbocycles. The van der Waals surface area contributed by atoms with E-state index >= 15 is 0 Å². The Kier molecular flexibility index (Phi) is 7.29. The fourth-order valence-corrected chi connectivity index (χ4v) is 5.18. The van der Waals surface area contributed by atoms with Crippen molar-refractivity contribution in [1.82, 2.24) is 5.32 Å². The quantitative estimate of drug-likeness (QED) is 0.663. The van der Waals surface area contributed by atoms with Gasteiger partial charge in [0.2, 0.25) is 0 Å². The van der Waals surface area contributed by atoms with Crippen molar-refractivity contribution in [2.45, 2.75) is 64.7 Å². The molecule has 2 rings (SSSR count). The van der Waals surface area contributed by atoms with E-state index in [1.165, 1.54) is 24.8 Å². The van der Waals surface area contributed by atoms with Crippen LogP contribution in [0.1, 0.15) is 62.9 Å². The Labute approximate surface area is 140 Å². The summed E-state index contributed by atoms with van der Waals surface area (Å²) in [5, 5.41) is 3.59. The highest BCUT2D eigenvalue weighted by molar-refractivity contribution is 7.54. The molecule has 0 saturated heterocycles. The largest absolute Gasteiger partial charge is 0.351 e. The van der Waals surface area contributed by atoms with Crippen molar-refractivity contribution in [2.24, 2.45) is 0 Å². The van der Waals surface area contributed by atoms with Crippen LogP contribution in [0.2, 0.25) is 0 Å². The minimum Gasteiger partial charge on any atom is -0.308 e. The summed E-state index contributed by atoms with van der Waals surface area (Å²) in [5.41, 5.74) is 2.17. The molecule has 0 aromatic heterocycles. The summed E-state index contributed by atoms with van der Waals surface area (Å²) in [7, 11) is -3.24. The maximum atomic E-state index is 13.4. The van der Waals surface area contributed by atoms with Crippen molar-refractivity contribution in [2.75, 3.05) is 13.2 Å². The first-order valence-corrected chi connectivity index (χ1v) is 10.4. The molecule has 0 amide bonds. The van der Waals surface area contributed by atoms with Crippen LogP contribution >= 0.6 is 7.60 Å². The van der Waals surface area contributed by atoms with E-state index in [1.54, 1.807) is 0 Å². The Hall–Kier alpha value is -0.670. The van der Waals surface area contributed by atoms with Crippen LogP contribution in [0.15, 0.2) is 24.3 Å². The van der Waals surface area contributed by atoms with Gasteiger partial charge in [-0.15, -0.1) is 0 Å². The predicted molar refractivity (Wildman–Crippen MR) is 94.8 cm³/mol. The number of nitrogens with one attached hydrogen (secondary N) is 1. The van der Waals surface area contributed by atoms with Crippen molar-refractivity contribution in [1.29, 1.82) is 0 Å². The summed E-state index contributed by atoms with van der Waals surface area (Å²) >= 11 is 0. The molecule has 1 fully saturated rings. The van der Waals surface area contributed by atoms with Gasteiger partial charge in [0.15, 0.2) is 0 Å². The molecule has 1 atom stereocenters. The monoisotopic (exact) mass is 339 g/mol. The summed E-state index contributed by atoms with van der Waals surface area (Å²) in [6.07, 6.45) is 6.00. The Morgan fingerprint density at radius 2 is 1.65 bits per heavy atom. The molecule has 1 aliphatic rings. The van der Waals surface area contributed by atoms with Crippen molar-refractivity contribution in [3.05, 3.63) is 35.4 Å². The molecule has 23 heavy (non-hydrogen) atoms.